The van der Waals surface area contributed by atoms with Gasteiger partial charge in [0.15, 0.2) is 0 Å². The maximum Gasteiger partial charge on any atom is 0.0547 e. The maximum atomic E-state index is 3.80. The molecule has 0 spiro atoms. The Morgan fingerprint density at radius 1 is 0.395 bits per heavy atom. The largest absolute Gasteiger partial charge is 0.309 e. The molecule has 1 aromatic heterocycles. The van der Waals surface area contributed by atoms with Crippen molar-refractivity contribution in [2.45, 2.75) is 0 Å². The summed E-state index contributed by atoms with van der Waals surface area (Å²) in [7, 11) is 0. The molecule has 1 nitrogen and oxygen atoms in total. The molecule has 0 atom stereocenters. The van der Waals surface area contributed by atoms with Gasteiger partial charge in [-0.05, 0) is 69.8 Å². The van der Waals surface area contributed by atoms with Crippen molar-refractivity contribution < 1.29 is 0 Å². The van der Waals surface area contributed by atoms with Crippen molar-refractivity contribution in [3.63, 3.8) is 0 Å². The minimum absolute atomic E-state index is 1.09. The average molecular weight is 550 g/mol. The van der Waals surface area contributed by atoms with Crippen LogP contribution in [0.1, 0.15) is 0 Å². The monoisotopic (exact) mass is 549 g/mol. The van der Waals surface area contributed by atoms with Gasteiger partial charge in [0.25, 0.3) is 0 Å². The van der Waals surface area contributed by atoms with Gasteiger partial charge < -0.3 is 4.57 Å². The Morgan fingerprint density at radius 2 is 1.05 bits per heavy atom. The third-order valence-corrected chi connectivity index (χ3v) is 7.98. The highest BCUT2D eigenvalue weighted by Crippen LogP contribution is 2.41. The van der Waals surface area contributed by atoms with Crippen LogP contribution in [0.4, 0.5) is 0 Å². The van der Waals surface area contributed by atoms with Crippen molar-refractivity contribution in [2.75, 3.05) is 0 Å². The molecule has 0 unspecified atom stereocenters. The normalized spacial score (nSPS) is 11.3. The molecule has 0 fully saturated rings. The Balaban J connectivity index is 1.53. The number of hydrogen-bond donors (Lipinski definition) is 0. The second kappa shape index (κ2) is 9.48. The highest BCUT2D eigenvalue weighted by atomic mass is 79.9. The Morgan fingerprint density at radius 3 is 1.87 bits per heavy atom. The summed E-state index contributed by atoms with van der Waals surface area (Å²) in [5.74, 6) is 0. The quantitative estimate of drug-likeness (QED) is 0.205. The number of rotatable bonds is 4. The fourth-order valence-corrected chi connectivity index (χ4v) is 6.00. The van der Waals surface area contributed by atoms with E-state index in [9.17, 15) is 0 Å². The molecule has 0 saturated heterocycles. The molecule has 0 aliphatic carbocycles. The van der Waals surface area contributed by atoms with E-state index in [0.29, 0.717) is 0 Å². The van der Waals surface area contributed by atoms with Crippen LogP contribution in [-0.4, -0.2) is 4.57 Å². The SMILES string of the molecule is Brc1ccccc1-c1ccc(-c2ccccc2)cc1-c1ccc2c3ccccc3n(-c3ccccc3)c2c1. The number of nitrogens with zero attached hydrogens (tertiary/aromatic N) is 1. The third kappa shape index (κ3) is 3.86. The molecule has 0 aliphatic rings. The van der Waals surface area contributed by atoms with Gasteiger partial charge in [0.2, 0.25) is 0 Å². The lowest BCUT2D eigenvalue weighted by atomic mass is 9.90. The van der Waals surface area contributed by atoms with Crippen molar-refractivity contribution in [3.05, 3.63) is 150 Å². The zero-order chi connectivity index (χ0) is 25.5. The van der Waals surface area contributed by atoms with Crippen LogP contribution >= 0.6 is 15.9 Å². The summed E-state index contributed by atoms with van der Waals surface area (Å²) in [6.07, 6.45) is 0. The summed E-state index contributed by atoms with van der Waals surface area (Å²) in [4.78, 5) is 0. The zero-order valence-corrected chi connectivity index (χ0v) is 22.3. The van der Waals surface area contributed by atoms with Crippen LogP contribution in [0.25, 0.3) is 60.9 Å². The molecule has 0 amide bonds. The highest BCUT2D eigenvalue weighted by molar-refractivity contribution is 9.10. The maximum absolute atomic E-state index is 3.80. The summed E-state index contributed by atoms with van der Waals surface area (Å²) in [6, 6.07) is 52.1. The van der Waals surface area contributed by atoms with E-state index >= 15 is 0 Å². The van der Waals surface area contributed by atoms with Crippen LogP contribution in [0.15, 0.2) is 150 Å². The van der Waals surface area contributed by atoms with E-state index in [1.807, 2.05) is 0 Å². The molecule has 7 aromatic rings. The van der Waals surface area contributed by atoms with Gasteiger partial charge in [0.1, 0.15) is 0 Å². The topological polar surface area (TPSA) is 4.93 Å². The van der Waals surface area contributed by atoms with Gasteiger partial charge in [-0.2, -0.15) is 0 Å². The lowest BCUT2D eigenvalue weighted by Gasteiger charge is -2.15. The van der Waals surface area contributed by atoms with Crippen LogP contribution in [0.2, 0.25) is 0 Å². The molecule has 0 N–H and O–H groups in total. The van der Waals surface area contributed by atoms with Gasteiger partial charge in [-0.15, -0.1) is 0 Å². The van der Waals surface area contributed by atoms with E-state index < -0.39 is 0 Å². The predicted octanol–water partition coefficient (Wildman–Crippen LogP) is 10.5. The highest BCUT2D eigenvalue weighted by Gasteiger charge is 2.16. The van der Waals surface area contributed by atoms with E-state index in [1.54, 1.807) is 0 Å². The summed E-state index contributed by atoms with van der Waals surface area (Å²) >= 11 is 3.80. The van der Waals surface area contributed by atoms with E-state index in [0.717, 1.165) is 4.47 Å². The number of halogens is 1. The number of fused-ring (bicyclic) bond motifs is 3. The Hall–Kier alpha value is -4.40. The lowest BCUT2D eigenvalue weighted by molar-refractivity contribution is 1.18. The number of hydrogen-bond acceptors (Lipinski definition) is 0. The second-order valence-corrected chi connectivity index (χ2v) is 10.4. The van der Waals surface area contributed by atoms with Crippen LogP contribution in [-0.2, 0) is 0 Å². The van der Waals surface area contributed by atoms with Crippen LogP contribution in [0.5, 0.6) is 0 Å². The first-order chi connectivity index (χ1) is 18.8. The molecule has 38 heavy (non-hydrogen) atoms. The van der Waals surface area contributed by atoms with E-state index in [2.05, 4.69) is 166 Å². The predicted molar refractivity (Wildman–Crippen MR) is 165 cm³/mol. The summed E-state index contributed by atoms with van der Waals surface area (Å²) in [6.45, 7) is 0. The van der Waals surface area contributed by atoms with Crippen molar-refractivity contribution in [2.24, 2.45) is 0 Å². The van der Waals surface area contributed by atoms with Gasteiger partial charge in [-0.1, -0.05) is 125 Å². The van der Waals surface area contributed by atoms with Crippen molar-refractivity contribution in [1.29, 1.82) is 0 Å². The summed E-state index contributed by atoms with van der Waals surface area (Å²) in [5, 5.41) is 2.52. The molecule has 0 aliphatic heterocycles. The zero-order valence-electron chi connectivity index (χ0n) is 20.7. The molecule has 7 rings (SSSR count). The van der Waals surface area contributed by atoms with Crippen molar-refractivity contribution in [3.8, 4) is 39.1 Å². The van der Waals surface area contributed by atoms with Gasteiger partial charge in [0, 0.05) is 20.9 Å². The van der Waals surface area contributed by atoms with Crippen LogP contribution < -0.4 is 0 Å². The summed E-state index contributed by atoms with van der Waals surface area (Å²) in [5.41, 5.74) is 10.8. The Bertz CT molecular complexity index is 1920. The van der Waals surface area contributed by atoms with Crippen LogP contribution in [0, 0.1) is 0 Å². The minimum Gasteiger partial charge on any atom is -0.309 e. The first kappa shape index (κ1) is 22.8. The molecule has 180 valence electrons. The molecule has 0 saturated carbocycles. The standard InChI is InChI=1S/C36H24BrN/c37-34-17-9-7-15-30(34)29-21-19-26(25-11-3-1-4-12-25)23-33(29)27-20-22-32-31-16-8-10-18-35(31)38(36(32)24-27)28-13-5-2-6-14-28/h1-24H. The fourth-order valence-electron chi connectivity index (χ4n) is 5.50. The van der Waals surface area contributed by atoms with Crippen molar-refractivity contribution >= 4 is 37.7 Å². The van der Waals surface area contributed by atoms with E-state index in [4.69, 9.17) is 0 Å². The lowest BCUT2D eigenvalue weighted by Crippen LogP contribution is -1.94. The van der Waals surface area contributed by atoms with Crippen LogP contribution in [0.3, 0.4) is 0 Å². The van der Waals surface area contributed by atoms with E-state index in [-0.39, 0.29) is 0 Å². The molecule has 1 heterocycles. The number of benzene rings is 6. The summed E-state index contributed by atoms with van der Waals surface area (Å²) < 4.78 is 3.47. The smallest absolute Gasteiger partial charge is 0.0547 e. The van der Waals surface area contributed by atoms with Gasteiger partial charge in [0.05, 0.1) is 11.0 Å². The molecule has 2 heteroatoms. The number of aromatic nitrogens is 1. The molecular weight excluding hydrogens is 526 g/mol. The first-order valence-electron chi connectivity index (χ1n) is 12.8. The fraction of sp³-hybridized carbons (Fsp3) is 0. The van der Waals surface area contributed by atoms with Gasteiger partial charge in [-0.3, -0.25) is 0 Å². The number of para-hydroxylation sites is 2. The second-order valence-electron chi connectivity index (χ2n) is 9.53. The Kier molecular flexibility index (Phi) is 5.68. The molecule has 6 aromatic carbocycles. The molecule has 0 bridgehead atoms. The van der Waals surface area contributed by atoms with E-state index in [1.165, 1.54) is 60.9 Å². The molecular formula is C36H24BrN. The average Bonchev–Trinajstić information content (AvgIpc) is 3.32. The molecule has 0 radical (unpaired) electrons. The van der Waals surface area contributed by atoms with Gasteiger partial charge >= 0.3 is 0 Å². The van der Waals surface area contributed by atoms with Gasteiger partial charge in [-0.25, -0.2) is 0 Å². The Labute approximate surface area is 230 Å². The first-order valence-corrected chi connectivity index (χ1v) is 13.6. The minimum atomic E-state index is 1.09. The third-order valence-electron chi connectivity index (χ3n) is 7.29. The van der Waals surface area contributed by atoms with Crippen molar-refractivity contribution in [1.82, 2.24) is 4.57 Å².